The fraction of sp³-hybridized carbons (Fsp3) is 0.357. The van der Waals surface area contributed by atoms with Gasteiger partial charge in [0.05, 0.1) is 6.10 Å². The first-order chi connectivity index (χ1) is 8.54. The predicted octanol–water partition coefficient (Wildman–Crippen LogP) is 1.81. The smallest absolute Gasteiger partial charge is 0.261 e. The minimum Gasteiger partial charge on any atom is -0.481 e. The summed E-state index contributed by atoms with van der Waals surface area (Å²) < 4.78 is 5.51. The zero-order chi connectivity index (χ0) is 13.5. The van der Waals surface area contributed by atoms with Crippen LogP contribution in [0, 0.1) is 0 Å². The topological polar surface area (TPSA) is 58.6 Å². The van der Waals surface area contributed by atoms with Crippen molar-refractivity contribution in [3.63, 3.8) is 0 Å². The molecule has 0 aliphatic carbocycles. The Morgan fingerprint density at radius 1 is 1.56 bits per heavy atom. The van der Waals surface area contributed by atoms with Crippen LogP contribution in [0.1, 0.15) is 25.5 Å². The van der Waals surface area contributed by atoms with Crippen LogP contribution in [0.25, 0.3) is 0 Å². The predicted molar refractivity (Wildman–Crippen MR) is 70.4 cm³/mol. The first-order valence-electron chi connectivity index (χ1n) is 5.88. The molecule has 0 bridgehead atoms. The third-order valence-corrected chi connectivity index (χ3v) is 2.44. The molecule has 0 spiro atoms. The molecule has 2 unspecified atom stereocenters. The number of carbonyl (C=O) groups is 1. The van der Waals surface area contributed by atoms with Gasteiger partial charge in [0.15, 0.2) is 6.10 Å². The second-order valence-electron chi connectivity index (χ2n) is 4.04. The first kappa shape index (κ1) is 14.3. The number of carbonyl (C=O) groups excluding carboxylic acids is 1. The second kappa shape index (κ2) is 6.81. The molecule has 18 heavy (non-hydrogen) atoms. The second-order valence-corrected chi connectivity index (χ2v) is 4.04. The van der Waals surface area contributed by atoms with E-state index in [9.17, 15) is 9.90 Å². The van der Waals surface area contributed by atoms with Crippen LogP contribution < -0.4 is 10.1 Å². The summed E-state index contributed by atoms with van der Waals surface area (Å²) in [6, 6.07) is 7.07. The lowest BCUT2D eigenvalue weighted by Crippen LogP contribution is -2.36. The van der Waals surface area contributed by atoms with E-state index in [1.54, 1.807) is 44.2 Å². The Bertz CT molecular complexity index is 415. The Labute approximate surface area is 107 Å². The van der Waals surface area contributed by atoms with E-state index < -0.39 is 12.2 Å². The van der Waals surface area contributed by atoms with Crippen molar-refractivity contribution in [1.29, 1.82) is 0 Å². The minimum atomic E-state index is -0.589. The molecule has 1 rings (SSSR count). The molecule has 0 aliphatic rings. The molecule has 0 aliphatic heterocycles. The maximum Gasteiger partial charge on any atom is 0.261 e. The maximum atomic E-state index is 11.6. The standard InChI is InChI=1S/C14H19NO3/c1-4-8-15-14(17)11(3)18-13-7-5-6-12(9-13)10(2)16/h4-7,9-11,16H,1,8H2,2-3H3,(H,15,17). The Balaban J connectivity index is 2.63. The van der Waals surface area contributed by atoms with Crippen molar-refractivity contribution < 1.29 is 14.6 Å². The zero-order valence-corrected chi connectivity index (χ0v) is 10.7. The number of hydrogen-bond acceptors (Lipinski definition) is 3. The minimum absolute atomic E-state index is 0.197. The van der Waals surface area contributed by atoms with E-state index in [1.165, 1.54) is 0 Å². The quantitative estimate of drug-likeness (QED) is 0.756. The Hall–Kier alpha value is -1.81. The van der Waals surface area contributed by atoms with Crippen molar-refractivity contribution >= 4 is 5.91 Å². The summed E-state index contributed by atoms with van der Waals surface area (Å²) in [5, 5.41) is 12.1. The molecule has 0 aromatic heterocycles. The van der Waals surface area contributed by atoms with Gasteiger partial charge in [-0.3, -0.25) is 4.79 Å². The van der Waals surface area contributed by atoms with Crippen LogP contribution in [-0.2, 0) is 4.79 Å². The summed E-state index contributed by atoms with van der Waals surface area (Å²) in [7, 11) is 0. The Morgan fingerprint density at radius 3 is 2.89 bits per heavy atom. The molecule has 1 aromatic rings. The number of aliphatic hydroxyl groups is 1. The lowest BCUT2D eigenvalue weighted by atomic mass is 10.1. The number of ether oxygens (including phenoxy) is 1. The van der Waals surface area contributed by atoms with Crippen LogP contribution in [0.4, 0.5) is 0 Å². The summed E-state index contributed by atoms with van der Waals surface area (Å²) in [6.07, 6.45) is 0.464. The van der Waals surface area contributed by atoms with Crippen molar-refractivity contribution in [3.8, 4) is 5.75 Å². The summed E-state index contributed by atoms with van der Waals surface area (Å²) in [5.74, 6) is 0.368. The van der Waals surface area contributed by atoms with E-state index in [0.29, 0.717) is 12.3 Å². The molecular formula is C14H19NO3. The molecule has 0 fully saturated rings. The van der Waals surface area contributed by atoms with Gasteiger partial charge in [0.25, 0.3) is 5.91 Å². The number of aliphatic hydroxyl groups excluding tert-OH is 1. The molecule has 2 atom stereocenters. The highest BCUT2D eigenvalue weighted by Crippen LogP contribution is 2.19. The fourth-order valence-electron chi connectivity index (χ4n) is 1.42. The van der Waals surface area contributed by atoms with Crippen LogP contribution >= 0.6 is 0 Å². The van der Waals surface area contributed by atoms with E-state index >= 15 is 0 Å². The lowest BCUT2D eigenvalue weighted by Gasteiger charge is -2.15. The summed E-state index contributed by atoms with van der Waals surface area (Å²) >= 11 is 0. The number of nitrogens with one attached hydrogen (secondary N) is 1. The van der Waals surface area contributed by atoms with Crippen molar-refractivity contribution in [1.82, 2.24) is 5.32 Å². The molecule has 2 N–H and O–H groups in total. The lowest BCUT2D eigenvalue weighted by molar-refractivity contribution is -0.127. The number of rotatable bonds is 6. The van der Waals surface area contributed by atoms with Gasteiger partial charge in [0.1, 0.15) is 5.75 Å². The summed E-state index contributed by atoms with van der Waals surface area (Å²) in [6.45, 7) is 7.29. The van der Waals surface area contributed by atoms with Crippen LogP contribution in [0.3, 0.4) is 0 Å². The molecule has 4 heteroatoms. The summed E-state index contributed by atoms with van der Waals surface area (Å²) in [5.41, 5.74) is 0.756. The Kier molecular flexibility index (Phi) is 5.39. The molecule has 0 saturated heterocycles. The average molecular weight is 249 g/mol. The van der Waals surface area contributed by atoms with Crippen molar-refractivity contribution in [2.45, 2.75) is 26.1 Å². The van der Waals surface area contributed by atoms with Gasteiger partial charge in [0.2, 0.25) is 0 Å². The maximum absolute atomic E-state index is 11.6. The summed E-state index contributed by atoms with van der Waals surface area (Å²) in [4.78, 5) is 11.6. The number of amides is 1. The number of hydrogen-bond donors (Lipinski definition) is 2. The molecule has 98 valence electrons. The van der Waals surface area contributed by atoms with Gasteiger partial charge in [-0.15, -0.1) is 6.58 Å². The van der Waals surface area contributed by atoms with E-state index in [-0.39, 0.29) is 5.91 Å². The van der Waals surface area contributed by atoms with Crippen LogP contribution in [0.2, 0.25) is 0 Å². The highest BCUT2D eigenvalue weighted by molar-refractivity contribution is 5.80. The van der Waals surface area contributed by atoms with Gasteiger partial charge in [-0.1, -0.05) is 18.2 Å². The van der Waals surface area contributed by atoms with E-state index in [4.69, 9.17) is 4.74 Å². The van der Waals surface area contributed by atoms with Gasteiger partial charge in [-0.25, -0.2) is 0 Å². The van der Waals surface area contributed by atoms with E-state index in [1.807, 2.05) is 0 Å². The molecule has 0 saturated carbocycles. The largest absolute Gasteiger partial charge is 0.481 e. The van der Waals surface area contributed by atoms with E-state index in [2.05, 4.69) is 11.9 Å². The highest BCUT2D eigenvalue weighted by Gasteiger charge is 2.14. The first-order valence-corrected chi connectivity index (χ1v) is 5.88. The van der Waals surface area contributed by atoms with Crippen LogP contribution in [0.15, 0.2) is 36.9 Å². The highest BCUT2D eigenvalue weighted by atomic mass is 16.5. The van der Waals surface area contributed by atoms with Gasteiger partial charge in [-0.05, 0) is 31.5 Å². The molecule has 0 radical (unpaired) electrons. The van der Waals surface area contributed by atoms with Crippen LogP contribution in [0.5, 0.6) is 5.75 Å². The van der Waals surface area contributed by atoms with Crippen molar-refractivity contribution in [2.75, 3.05) is 6.54 Å². The molecule has 4 nitrogen and oxygen atoms in total. The number of benzene rings is 1. The molecular weight excluding hydrogens is 230 g/mol. The monoisotopic (exact) mass is 249 g/mol. The SMILES string of the molecule is C=CCNC(=O)C(C)Oc1cccc(C(C)O)c1. The fourth-order valence-corrected chi connectivity index (χ4v) is 1.42. The van der Waals surface area contributed by atoms with Crippen molar-refractivity contribution in [2.24, 2.45) is 0 Å². The normalized spacial score (nSPS) is 13.5. The third-order valence-electron chi connectivity index (χ3n) is 2.44. The Morgan fingerprint density at radius 2 is 2.28 bits per heavy atom. The van der Waals surface area contributed by atoms with Gasteiger partial charge in [-0.2, -0.15) is 0 Å². The molecule has 1 amide bonds. The molecule has 1 aromatic carbocycles. The van der Waals surface area contributed by atoms with E-state index in [0.717, 1.165) is 5.56 Å². The van der Waals surface area contributed by atoms with Gasteiger partial charge in [0, 0.05) is 6.54 Å². The van der Waals surface area contributed by atoms with Gasteiger partial charge >= 0.3 is 0 Å². The third kappa shape index (κ3) is 4.22. The zero-order valence-electron chi connectivity index (χ0n) is 10.7. The average Bonchev–Trinajstić information content (AvgIpc) is 2.36. The molecule has 0 heterocycles. The van der Waals surface area contributed by atoms with Crippen LogP contribution in [-0.4, -0.2) is 23.7 Å². The van der Waals surface area contributed by atoms with Gasteiger partial charge < -0.3 is 15.2 Å². The van der Waals surface area contributed by atoms with Crippen molar-refractivity contribution in [3.05, 3.63) is 42.5 Å².